The predicted molar refractivity (Wildman–Crippen MR) is 108 cm³/mol. The molecule has 0 N–H and O–H groups in total. The predicted octanol–water partition coefficient (Wildman–Crippen LogP) is 2.13. The Kier molecular flexibility index (Phi) is 5.57. The standard InChI is InChI=1S/C20H20F3N7O/c1-14-25-16(20(21,22)23)12-18(26-14)29-10-8-28(9-11-29)17-5-6-19(31)30(27-17)13-15-4-2-3-7-24-15/h2-7,12H,8-11,13H2,1H3. The molecule has 4 heterocycles. The molecule has 1 aliphatic heterocycles. The Labute approximate surface area is 176 Å². The van der Waals surface area contributed by atoms with Crippen molar-refractivity contribution in [2.75, 3.05) is 36.0 Å². The summed E-state index contributed by atoms with van der Waals surface area (Å²) in [6, 6.07) is 9.55. The Morgan fingerprint density at radius 3 is 2.32 bits per heavy atom. The van der Waals surface area contributed by atoms with Crippen LogP contribution in [0, 0.1) is 6.92 Å². The van der Waals surface area contributed by atoms with Gasteiger partial charge in [-0.15, -0.1) is 0 Å². The minimum absolute atomic E-state index is 0.0792. The van der Waals surface area contributed by atoms with Crippen LogP contribution < -0.4 is 15.4 Å². The normalized spacial score (nSPS) is 14.7. The molecule has 3 aromatic heterocycles. The van der Waals surface area contributed by atoms with Crippen molar-refractivity contribution in [2.45, 2.75) is 19.6 Å². The molecular weight excluding hydrogens is 411 g/mol. The van der Waals surface area contributed by atoms with Gasteiger partial charge in [-0.2, -0.15) is 18.3 Å². The van der Waals surface area contributed by atoms with Gasteiger partial charge in [0.05, 0.1) is 12.2 Å². The second-order valence-electron chi connectivity index (χ2n) is 7.14. The van der Waals surface area contributed by atoms with Crippen molar-refractivity contribution in [1.29, 1.82) is 0 Å². The summed E-state index contributed by atoms with van der Waals surface area (Å²) in [7, 11) is 0. The summed E-state index contributed by atoms with van der Waals surface area (Å²) < 4.78 is 40.6. The number of aromatic nitrogens is 5. The van der Waals surface area contributed by atoms with Crippen LogP contribution in [0.15, 0.2) is 47.4 Å². The van der Waals surface area contributed by atoms with Gasteiger partial charge in [-0.05, 0) is 25.1 Å². The third-order valence-electron chi connectivity index (χ3n) is 4.93. The Balaban J connectivity index is 1.48. The van der Waals surface area contributed by atoms with E-state index in [1.807, 2.05) is 17.0 Å². The molecule has 0 saturated carbocycles. The molecule has 3 aromatic rings. The van der Waals surface area contributed by atoms with Gasteiger partial charge >= 0.3 is 6.18 Å². The lowest BCUT2D eigenvalue weighted by Gasteiger charge is -2.36. The molecule has 0 aliphatic carbocycles. The number of pyridine rings is 1. The number of nitrogens with zero attached hydrogens (tertiary/aromatic N) is 7. The average Bonchev–Trinajstić information content (AvgIpc) is 2.75. The molecule has 0 atom stereocenters. The van der Waals surface area contributed by atoms with Gasteiger partial charge in [0.15, 0.2) is 0 Å². The number of alkyl halides is 3. The van der Waals surface area contributed by atoms with Gasteiger partial charge in [-0.3, -0.25) is 9.78 Å². The number of aryl methyl sites for hydroxylation is 1. The third kappa shape index (κ3) is 4.81. The van der Waals surface area contributed by atoms with Crippen molar-refractivity contribution >= 4 is 11.6 Å². The van der Waals surface area contributed by atoms with Gasteiger partial charge < -0.3 is 9.80 Å². The summed E-state index contributed by atoms with van der Waals surface area (Å²) in [4.78, 5) is 27.8. The van der Waals surface area contributed by atoms with Crippen molar-refractivity contribution in [3.05, 3.63) is 70.2 Å². The second kappa shape index (κ2) is 8.32. The van der Waals surface area contributed by atoms with Crippen LogP contribution in [0.3, 0.4) is 0 Å². The van der Waals surface area contributed by atoms with E-state index in [9.17, 15) is 18.0 Å². The third-order valence-corrected chi connectivity index (χ3v) is 4.93. The lowest BCUT2D eigenvalue weighted by Crippen LogP contribution is -2.47. The lowest BCUT2D eigenvalue weighted by atomic mass is 10.2. The van der Waals surface area contributed by atoms with Crippen molar-refractivity contribution in [3.63, 3.8) is 0 Å². The molecule has 1 saturated heterocycles. The van der Waals surface area contributed by atoms with Crippen LogP contribution in [0.25, 0.3) is 0 Å². The van der Waals surface area contributed by atoms with E-state index in [-0.39, 0.29) is 23.7 Å². The first-order chi connectivity index (χ1) is 14.8. The first-order valence-corrected chi connectivity index (χ1v) is 9.70. The van der Waals surface area contributed by atoms with E-state index in [0.29, 0.717) is 32.0 Å². The highest BCUT2D eigenvalue weighted by atomic mass is 19.4. The maximum atomic E-state index is 13.1. The van der Waals surface area contributed by atoms with Crippen LogP contribution in [-0.2, 0) is 12.7 Å². The van der Waals surface area contributed by atoms with Crippen molar-refractivity contribution in [2.24, 2.45) is 0 Å². The SMILES string of the molecule is Cc1nc(N2CCN(c3ccc(=O)n(Cc4ccccn4)n3)CC2)cc(C(F)(F)F)n1. The summed E-state index contributed by atoms with van der Waals surface area (Å²) in [6.45, 7) is 3.69. The fraction of sp³-hybridized carbons (Fsp3) is 0.350. The van der Waals surface area contributed by atoms with E-state index in [1.54, 1.807) is 23.2 Å². The monoisotopic (exact) mass is 431 g/mol. The number of hydrogen-bond donors (Lipinski definition) is 0. The quantitative estimate of drug-likeness (QED) is 0.626. The summed E-state index contributed by atoms with van der Waals surface area (Å²) in [5.41, 5.74) is -0.455. The smallest absolute Gasteiger partial charge is 0.353 e. The zero-order chi connectivity index (χ0) is 22.0. The van der Waals surface area contributed by atoms with Crippen molar-refractivity contribution < 1.29 is 13.2 Å². The van der Waals surface area contributed by atoms with Gasteiger partial charge in [0.1, 0.15) is 23.2 Å². The first-order valence-electron chi connectivity index (χ1n) is 9.70. The maximum absolute atomic E-state index is 13.1. The van der Waals surface area contributed by atoms with E-state index < -0.39 is 11.9 Å². The molecule has 0 spiro atoms. The minimum atomic E-state index is -4.52. The molecule has 1 aliphatic rings. The molecule has 1 fully saturated rings. The fourth-order valence-electron chi connectivity index (χ4n) is 3.39. The van der Waals surface area contributed by atoms with Gasteiger partial charge in [-0.25, -0.2) is 14.6 Å². The minimum Gasteiger partial charge on any atom is -0.353 e. The van der Waals surface area contributed by atoms with Crippen LogP contribution in [0.4, 0.5) is 24.8 Å². The Bertz CT molecular complexity index is 1110. The van der Waals surface area contributed by atoms with Crippen molar-refractivity contribution in [1.82, 2.24) is 24.7 Å². The van der Waals surface area contributed by atoms with Crippen LogP contribution >= 0.6 is 0 Å². The van der Waals surface area contributed by atoms with Crippen LogP contribution in [-0.4, -0.2) is 50.9 Å². The zero-order valence-corrected chi connectivity index (χ0v) is 16.7. The largest absolute Gasteiger partial charge is 0.433 e. The van der Waals surface area contributed by atoms with Crippen LogP contribution in [0.2, 0.25) is 0 Å². The summed E-state index contributed by atoms with van der Waals surface area (Å²) in [6.07, 6.45) is -2.86. The molecule has 0 bridgehead atoms. The molecule has 11 heteroatoms. The molecule has 162 valence electrons. The molecule has 31 heavy (non-hydrogen) atoms. The van der Waals surface area contributed by atoms with Crippen LogP contribution in [0.5, 0.6) is 0 Å². The van der Waals surface area contributed by atoms with E-state index in [0.717, 1.165) is 11.8 Å². The first kappa shape index (κ1) is 20.8. The number of hydrogen-bond acceptors (Lipinski definition) is 7. The number of halogens is 3. The number of rotatable bonds is 4. The number of piperazine rings is 1. The molecule has 0 unspecified atom stereocenters. The topological polar surface area (TPSA) is 80.0 Å². The fourth-order valence-corrected chi connectivity index (χ4v) is 3.39. The molecule has 0 radical (unpaired) electrons. The molecule has 0 aromatic carbocycles. The van der Waals surface area contributed by atoms with Crippen LogP contribution in [0.1, 0.15) is 17.2 Å². The van der Waals surface area contributed by atoms with Gasteiger partial charge in [0.2, 0.25) is 0 Å². The highest BCUT2D eigenvalue weighted by Crippen LogP contribution is 2.30. The Morgan fingerprint density at radius 2 is 1.68 bits per heavy atom. The highest BCUT2D eigenvalue weighted by molar-refractivity contribution is 5.45. The Morgan fingerprint density at radius 1 is 0.968 bits per heavy atom. The molecule has 8 nitrogen and oxygen atoms in total. The van der Waals surface area contributed by atoms with E-state index >= 15 is 0 Å². The van der Waals surface area contributed by atoms with Crippen molar-refractivity contribution in [3.8, 4) is 0 Å². The Hall–Kier alpha value is -3.50. The van der Waals surface area contributed by atoms with Gasteiger partial charge in [0, 0.05) is 44.5 Å². The van der Waals surface area contributed by atoms with E-state index in [1.165, 1.54) is 17.7 Å². The molecule has 4 rings (SSSR count). The lowest BCUT2D eigenvalue weighted by molar-refractivity contribution is -0.141. The maximum Gasteiger partial charge on any atom is 0.433 e. The average molecular weight is 431 g/mol. The van der Waals surface area contributed by atoms with Gasteiger partial charge in [0.25, 0.3) is 5.56 Å². The second-order valence-corrected chi connectivity index (χ2v) is 7.14. The van der Waals surface area contributed by atoms with E-state index in [2.05, 4.69) is 20.1 Å². The summed E-state index contributed by atoms with van der Waals surface area (Å²) >= 11 is 0. The zero-order valence-electron chi connectivity index (χ0n) is 16.7. The summed E-state index contributed by atoms with van der Waals surface area (Å²) in [5, 5.41) is 4.45. The van der Waals surface area contributed by atoms with Gasteiger partial charge in [-0.1, -0.05) is 6.07 Å². The summed E-state index contributed by atoms with van der Waals surface area (Å²) in [5.74, 6) is 0.966. The highest BCUT2D eigenvalue weighted by Gasteiger charge is 2.34. The molecule has 0 amide bonds. The number of anilines is 2. The molecular formula is C20H20F3N7O. The van der Waals surface area contributed by atoms with E-state index in [4.69, 9.17) is 0 Å².